The van der Waals surface area contributed by atoms with Gasteiger partial charge < -0.3 is 0 Å². The lowest BCUT2D eigenvalue weighted by Gasteiger charge is -2.32. The number of aromatic nitrogens is 2. The number of hydrogen-bond donors (Lipinski definition) is 0. The van der Waals surface area contributed by atoms with E-state index in [1.54, 1.807) is 0 Å². The van der Waals surface area contributed by atoms with Crippen LogP contribution in [-0.4, -0.2) is 27.8 Å². The Kier molecular flexibility index (Phi) is 4.84. The van der Waals surface area contributed by atoms with E-state index in [1.807, 2.05) is 12.1 Å². The van der Waals surface area contributed by atoms with Crippen molar-refractivity contribution in [2.45, 2.75) is 39.8 Å². The molecular formula is C18H24ClN3. The molecule has 0 aliphatic carbocycles. The first-order valence-corrected chi connectivity index (χ1v) is 8.46. The Labute approximate surface area is 137 Å². The van der Waals surface area contributed by atoms with Crippen LogP contribution in [0, 0.1) is 19.8 Å². The van der Waals surface area contributed by atoms with Gasteiger partial charge in [0.05, 0.1) is 5.69 Å². The molecule has 2 aromatic rings. The van der Waals surface area contributed by atoms with Crippen molar-refractivity contribution in [2.75, 3.05) is 13.1 Å². The predicted molar refractivity (Wildman–Crippen MR) is 91.2 cm³/mol. The maximum atomic E-state index is 6.26. The minimum absolute atomic E-state index is 0.737. The molecule has 1 fully saturated rings. The number of hydrogen-bond acceptors (Lipinski definition) is 2. The van der Waals surface area contributed by atoms with Crippen LogP contribution in [0.2, 0.25) is 5.02 Å². The zero-order valence-corrected chi connectivity index (χ0v) is 14.2. The molecule has 1 aliphatic heterocycles. The number of rotatable bonds is 4. The van der Waals surface area contributed by atoms with E-state index in [0.29, 0.717) is 0 Å². The van der Waals surface area contributed by atoms with Gasteiger partial charge >= 0.3 is 0 Å². The fraction of sp³-hybridized carbons (Fsp3) is 0.500. The van der Waals surface area contributed by atoms with Gasteiger partial charge in [-0.1, -0.05) is 29.8 Å². The number of aryl methyl sites for hydroxylation is 2. The first-order valence-electron chi connectivity index (χ1n) is 8.08. The van der Waals surface area contributed by atoms with Crippen LogP contribution in [0.1, 0.15) is 29.8 Å². The van der Waals surface area contributed by atoms with E-state index in [1.165, 1.54) is 24.1 Å². The third-order valence-corrected chi connectivity index (χ3v) is 4.96. The van der Waals surface area contributed by atoms with Crippen LogP contribution in [-0.2, 0) is 13.1 Å². The summed E-state index contributed by atoms with van der Waals surface area (Å²) >= 11 is 6.26. The lowest BCUT2D eigenvalue weighted by molar-refractivity contribution is 0.164. The molecule has 118 valence electrons. The fourth-order valence-corrected chi connectivity index (χ4v) is 3.49. The van der Waals surface area contributed by atoms with Gasteiger partial charge in [0, 0.05) is 23.8 Å². The van der Waals surface area contributed by atoms with Crippen LogP contribution in [0.4, 0.5) is 0 Å². The molecule has 3 nitrogen and oxygen atoms in total. The Morgan fingerprint density at radius 2 is 1.91 bits per heavy atom. The summed E-state index contributed by atoms with van der Waals surface area (Å²) in [6.45, 7) is 8.53. The summed E-state index contributed by atoms with van der Waals surface area (Å²) in [7, 11) is 0. The summed E-state index contributed by atoms with van der Waals surface area (Å²) in [5.41, 5.74) is 3.63. The van der Waals surface area contributed by atoms with E-state index in [9.17, 15) is 0 Å². The van der Waals surface area contributed by atoms with Crippen LogP contribution < -0.4 is 0 Å². The van der Waals surface area contributed by atoms with Crippen molar-refractivity contribution in [3.05, 3.63) is 52.3 Å². The summed E-state index contributed by atoms with van der Waals surface area (Å²) in [6, 6.07) is 10.3. The molecular weight excluding hydrogens is 294 g/mol. The number of benzene rings is 1. The quantitative estimate of drug-likeness (QED) is 0.847. The molecule has 0 amide bonds. The third-order valence-electron chi connectivity index (χ3n) is 4.59. The Morgan fingerprint density at radius 3 is 2.55 bits per heavy atom. The molecule has 3 rings (SSSR count). The molecule has 1 aromatic heterocycles. The summed E-state index contributed by atoms with van der Waals surface area (Å²) < 4.78 is 2.17. The maximum Gasteiger partial charge on any atom is 0.0596 e. The number of nitrogens with zero attached hydrogens (tertiary/aromatic N) is 3. The highest BCUT2D eigenvalue weighted by molar-refractivity contribution is 6.31. The molecule has 2 heterocycles. The molecule has 0 atom stereocenters. The van der Waals surface area contributed by atoms with Crippen molar-refractivity contribution in [1.29, 1.82) is 0 Å². The van der Waals surface area contributed by atoms with Crippen LogP contribution in [0.25, 0.3) is 0 Å². The Hall–Kier alpha value is -1.32. The molecule has 1 aromatic carbocycles. The average Bonchev–Trinajstić information content (AvgIpc) is 2.81. The van der Waals surface area contributed by atoms with Crippen molar-refractivity contribution in [3.63, 3.8) is 0 Å². The fourth-order valence-electron chi connectivity index (χ4n) is 3.30. The number of halogens is 1. The van der Waals surface area contributed by atoms with E-state index in [2.05, 4.69) is 46.7 Å². The van der Waals surface area contributed by atoms with Crippen molar-refractivity contribution in [1.82, 2.24) is 14.7 Å². The van der Waals surface area contributed by atoms with Gasteiger partial charge in [-0.3, -0.25) is 9.58 Å². The van der Waals surface area contributed by atoms with E-state index in [0.717, 1.165) is 42.8 Å². The highest BCUT2D eigenvalue weighted by atomic mass is 35.5. The predicted octanol–water partition coefficient (Wildman–Crippen LogP) is 4.07. The van der Waals surface area contributed by atoms with Crippen molar-refractivity contribution in [2.24, 2.45) is 5.92 Å². The van der Waals surface area contributed by atoms with E-state index < -0.39 is 0 Å². The van der Waals surface area contributed by atoms with Gasteiger partial charge in [0.1, 0.15) is 0 Å². The third kappa shape index (κ3) is 3.71. The minimum atomic E-state index is 0.737. The van der Waals surface area contributed by atoms with Gasteiger partial charge in [0.25, 0.3) is 0 Å². The second-order valence-corrected chi connectivity index (χ2v) is 6.83. The van der Waals surface area contributed by atoms with E-state index >= 15 is 0 Å². The van der Waals surface area contributed by atoms with Gasteiger partial charge in [0.15, 0.2) is 0 Å². The molecule has 1 saturated heterocycles. The molecule has 4 heteroatoms. The summed E-state index contributed by atoms with van der Waals surface area (Å²) in [4.78, 5) is 2.51. The Bertz CT molecular complexity index is 627. The normalized spacial score (nSPS) is 17.0. The standard InChI is InChI=1S/C18H24ClN3/c1-14-11-15(2)22(20-14)12-16-7-9-21(10-8-16)13-17-5-3-4-6-18(17)19/h3-6,11,16H,7-10,12-13H2,1-2H3. The average molecular weight is 318 g/mol. The molecule has 0 spiro atoms. The molecule has 0 N–H and O–H groups in total. The monoisotopic (exact) mass is 317 g/mol. The highest BCUT2D eigenvalue weighted by Crippen LogP contribution is 2.23. The van der Waals surface area contributed by atoms with Gasteiger partial charge in [0.2, 0.25) is 0 Å². The molecule has 1 aliphatic rings. The molecule has 0 saturated carbocycles. The SMILES string of the molecule is Cc1cc(C)n(CC2CCN(Cc3ccccc3Cl)CC2)n1. The minimum Gasteiger partial charge on any atom is -0.299 e. The van der Waals surface area contributed by atoms with Crippen molar-refractivity contribution in [3.8, 4) is 0 Å². The Balaban J connectivity index is 1.52. The summed E-state index contributed by atoms with van der Waals surface area (Å²) in [5, 5.41) is 5.47. The molecule has 0 unspecified atom stereocenters. The van der Waals surface area contributed by atoms with Gasteiger partial charge in [-0.2, -0.15) is 5.10 Å². The van der Waals surface area contributed by atoms with Gasteiger partial charge in [-0.05, 0) is 63.4 Å². The maximum absolute atomic E-state index is 6.26. The number of likely N-dealkylation sites (tertiary alicyclic amines) is 1. The lowest BCUT2D eigenvalue weighted by atomic mass is 9.96. The molecule has 22 heavy (non-hydrogen) atoms. The first-order chi connectivity index (χ1) is 10.6. The lowest BCUT2D eigenvalue weighted by Crippen LogP contribution is -2.34. The van der Waals surface area contributed by atoms with Crippen LogP contribution in [0.15, 0.2) is 30.3 Å². The zero-order chi connectivity index (χ0) is 15.5. The van der Waals surface area contributed by atoms with Crippen LogP contribution in [0.3, 0.4) is 0 Å². The van der Waals surface area contributed by atoms with Gasteiger partial charge in [-0.25, -0.2) is 0 Å². The summed E-state index contributed by atoms with van der Waals surface area (Å²) in [6.07, 6.45) is 2.48. The van der Waals surface area contributed by atoms with E-state index in [4.69, 9.17) is 11.6 Å². The van der Waals surface area contributed by atoms with Crippen molar-refractivity contribution >= 4 is 11.6 Å². The second-order valence-electron chi connectivity index (χ2n) is 6.42. The van der Waals surface area contributed by atoms with Crippen LogP contribution in [0.5, 0.6) is 0 Å². The van der Waals surface area contributed by atoms with E-state index in [-0.39, 0.29) is 0 Å². The van der Waals surface area contributed by atoms with Crippen LogP contribution >= 0.6 is 11.6 Å². The topological polar surface area (TPSA) is 21.1 Å². The molecule has 0 bridgehead atoms. The number of piperidine rings is 1. The highest BCUT2D eigenvalue weighted by Gasteiger charge is 2.20. The van der Waals surface area contributed by atoms with Crippen molar-refractivity contribution < 1.29 is 0 Å². The van der Waals surface area contributed by atoms with Gasteiger partial charge in [-0.15, -0.1) is 0 Å². The molecule has 0 radical (unpaired) electrons. The first kappa shape index (κ1) is 15.6. The summed E-state index contributed by atoms with van der Waals surface area (Å²) in [5.74, 6) is 0.737. The zero-order valence-electron chi connectivity index (χ0n) is 13.4. The Morgan fingerprint density at radius 1 is 1.18 bits per heavy atom. The smallest absolute Gasteiger partial charge is 0.0596 e. The second kappa shape index (κ2) is 6.84. The largest absolute Gasteiger partial charge is 0.299 e.